The quantitative estimate of drug-likeness (QED) is 0.547. The molecule has 0 radical (unpaired) electrons. The number of hydrogen-bond donors (Lipinski definition) is 1. The second-order valence-corrected chi connectivity index (χ2v) is 4.93. The van der Waals surface area contributed by atoms with Gasteiger partial charge in [-0.1, -0.05) is 6.07 Å². The third kappa shape index (κ3) is 1.56. The van der Waals surface area contributed by atoms with E-state index < -0.39 is 0 Å². The van der Waals surface area contributed by atoms with Gasteiger partial charge in [0.2, 0.25) is 0 Å². The van der Waals surface area contributed by atoms with Crippen LogP contribution in [-0.4, -0.2) is 23.3 Å². The Bertz CT molecular complexity index is 619. The fourth-order valence-electron chi connectivity index (χ4n) is 2.15. The Labute approximate surface area is 112 Å². The van der Waals surface area contributed by atoms with Crippen molar-refractivity contribution in [2.45, 2.75) is 6.42 Å². The van der Waals surface area contributed by atoms with Crippen molar-refractivity contribution in [1.82, 2.24) is 10.2 Å². The highest BCUT2D eigenvalue weighted by molar-refractivity contribution is 14.1. The summed E-state index contributed by atoms with van der Waals surface area (Å²) >= 11 is 2.21. The van der Waals surface area contributed by atoms with E-state index in [0.29, 0.717) is 5.56 Å². The lowest BCUT2D eigenvalue weighted by Gasteiger charge is -2.03. The molecule has 0 spiro atoms. The molecule has 0 atom stereocenters. The number of ether oxygens (including phenoxy) is 1. The van der Waals surface area contributed by atoms with Crippen molar-refractivity contribution in [2.24, 2.45) is 0 Å². The minimum atomic E-state index is -0.295. The number of nitrogens with one attached hydrogen (secondary N) is 1. The minimum Gasteiger partial charge on any atom is -0.465 e. The molecular weight excluding hydrogens is 331 g/mol. The van der Waals surface area contributed by atoms with Gasteiger partial charge < -0.3 is 4.74 Å². The summed E-state index contributed by atoms with van der Waals surface area (Å²) in [4.78, 5) is 11.4. The minimum absolute atomic E-state index is 0.295. The molecule has 5 heteroatoms. The van der Waals surface area contributed by atoms with Crippen LogP contribution in [0.25, 0.3) is 11.3 Å². The number of rotatable bonds is 1. The first-order chi connectivity index (χ1) is 8.20. The Kier molecular flexibility index (Phi) is 2.43. The van der Waals surface area contributed by atoms with Crippen LogP contribution in [0.5, 0.6) is 0 Å². The summed E-state index contributed by atoms with van der Waals surface area (Å²) in [5, 5.41) is 7.21. The fourth-order valence-corrected chi connectivity index (χ4v) is 2.73. The van der Waals surface area contributed by atoms with Crippen molar-refractivity contribution in [3.63, 3.8) is 0 Å². The molecule has 1 aromatic carbocycles. The van der Waals surface area contributed by atoms with Gasteiger partial charge in [-0.25, -0.2) is 4.79 Å². The molecule has 4 nitrogen and oxygen atoms in total. The van der Waals surface area contributed by atoms with Crippen LogP contribution in [0.15, 0.2) is 18.2 Å². The lowest BCUT2D eigenvalue weighted by Crippen LogP contribution is -2.01. The van der Waals surface area contributed by atoms with Gasteiger partial charge in [-0.05, 0) is 40.3 Å². The summed E-state index contributed by atoms with van der Waals surface area (Å²) in [5.74, 6) is -0.295. The molecular formula is C12H9IN2O2. The largest absolute Gasteiger partial charge is 0.465 e. The van der Waals surface area contributed by atoms with E-state index >= 15 is 0 Å². The molecule has 0 unspecified atom stereocenters. The maximum absolute atomic E-state index is 11.4. The predicted molar refractivity (Wildman–Crippen MR) is 70.9 cm³/mol. The van der Waals surface area contributed by atoms with Gasteiger partial charge in [-0.15, -0.1) is 0 Å². The lowest BCUT2D eigenvalue weighted by molar-refractivity contribution is 0.0600. The number of nitrogens with zero attached hydrogens (tertiary/aromatic N) is 1. The van der Waals surface area contributed by atoms with Crippen LogP contribution in [0.2, 0.25) is 0 Å². The fraction of sp³-hybridized carbons (Fsp3) is 0.167. The summed E-state index contributed by atoms with van der Waals surface area (Å²) in [6.45, 7) is 0. The molecule has 86 valence electrons. The van der Waals surface area contributed by atoms with Crippen LogP contribution in [0.4, 0.5) is 0 Å². The number of carbonyl (C=O) groups excluding carboxylic acids is 1. The van der Waals surface area contributed by atoms with Crippen LogP contribution >= 0.6 is 22.6 Å². The number of aromatic nitrogens is 2. The van der Waals surface area contributed by atoms with Crippen molar-refractivity contribution < 1.29 is 9.53 Å². The number of esters is 1. The zero-order valence-electron chi connectivity index (χ0n) is 9.08. The number of halogens is 1. The van der Waals surface area contributed by atoms with Crippen LogP contribution in [-0.2, 0) is 11.2 Å². The van der Waals surface area contributed by atoms with Gasteiger partial charge in [0.1, 0.15) is 3.70 Å². The number of benzene rings is 1. The van der Waals surface area contributed by atoms with Gasteiger partial charge in [0.05, 0.1) is 18.4 Å². The smallest absolute Gasteiger partial charge is 0.337 e. The number of H-pyrrole nitrogens is 1. The van der Waals surface area contributed by atoms with E-state index in [-0.39, 0.29) is 5.97 Å². The third-order valence-electron chi connectivity index (χ3n) is 2.98. The molecule has 0 amide bonds. The molecule has 1 aromatic heterocycles. The zero-order valence-corrected chi connectivity index (χ0v) is 11.2. The summed E-state index contributed by atoms with van der Waals surface area (Å²) in [6.07, 6.45) is 0.824. The monoisotopic (exact) mass is 340 g/mol. The van der Waals surface area contributed by atoms with E-state index in [4.69, 9.17) is 4.74 Å². The summed E-state index contributed by atoms with van der Waals surface area (Å²) < 4.78 is 5.71. The normalized spacial score (nSPS) is 12.1. The highest BCUT2D eigenvalue weighted by Gasteiger charge is 2.24. The summed E-state index contributed by atoms with van der Waals surface area (Å²) in [7, 11) is 1.39. The van der Waals surface area contributed by atoms with Gasteiger partial charge in [0, 0.05) is 17.5 Å². The molecule has 1 N–H and O–H groups in total. The zero-order chi connectivity index (χ0) is 12.0. The first-order valence-electron chi connectivity index (χ1n) is 5.15. The first kappa shape index (κ1) is 10.8. The number of hydrogen-bond acceptors (Lipinski definition) is 3. The van der Waals surface area contributed by atoms with Crippen LogP contribution in [0, 0.1) is 3.70 Å². The molecule has 0 aliphatic heterocycles. The standard InChI is InChI=1S/C12H9IN2O2/c1-17-12(16)6-2-3-8-7(4-6)5-9-10(8)14-15-11(9)13/h2-4H,5H2,1H3,(H,14,15). The number of aromatic amines is 1. The molecule has 1 aliphatic carbocycles. The topological polar surface area (TPSA) is 55.0 Å². The van der Waals surface area contributed by atoms with Crippen molar-refractivity contribution >= 4 is 28.6 Å². The molecule has 3 rings (SSSR count). The Morgan fingerprint density at radius 1 is 1.53 bits per heavy atom. The highest BCUT2D eigenvalue weighted by atomic mass is 127. The molecule has 0 saturated heterocycles. The summed E-state index contributed by atoms with van der Waals surface area (Å²) in [6, 6.07) is 5.63. The average Bonchev–Trinajstić information content (AvgIpc) is 2.88. The molecule has 1 heterocycles. The van der Waals surface area contributed by atoms with Crippen LogP contribution < -0.4 is 0 Å². The second-order valence-electron chi connectivity index (χ2n) is 3.91. The van der Waals surface area contributed by atoms with E-state index in [9.17, 15) is 4.79 Å². The first-order valence-corrected chi connectivity index (χ1v) is 6.23. The SMILES string of the molecule is COC(=O)c1ccc2c(c1)Cc1c(I)n[nH]c1-2. The molecule has 1 aliphatic rings. The van der Waals surface area contributed by atoms with Gasteiger partial charge >= 0.3 is 5.97 Å². The van der Waals surface area contributed by atoms with Gasteiger partial charge in [0.15, 0.2) is 0 Å². The van der Waals surface area contributed by atoms with Crippen molar-refractivity contribution in [2.75, 3.05) is 7.11 Å². The van der Waals surface area contributed by atoms with E-state index in [1.54, 1.807) is 6.07 Å². The van der Waals surface area contributed by atoms with Gasteiger partial charge in [0.25, 0.3) is 0 Å². The maximum atomic E-state index is 11.4. The Balaban J connectivity index is 2.09. The lowest BCUT2D eigenvalue weighted by atomic mass is 10.1. The van der Waals surface area contributed by atoms with Crippen molar-refractivity contribution in [3.8, 4) is 11.3 Å². The van der Waals surface area contributed by atoms with E-state index in [1.807, 2.05) is 12.1 Å². The maximum Gasteiger partial charge on any atom is 0.337 e. The molecule has 0 bridgehead atoms. The van der Waals surface area contributed by atoms with E-state index in [1.165, 1.54) is 12.7 Å². The molecule has 2 aromatic rings. The Morgan fingerprint density at radius 2 is 2.35 bits per heavy atom. The molecule has 0 fully saturated rings. The van der Waals surface area contributed by atoms with Crippen molar-refractivity contribution in [3.05, 3.63) is 38.6 Å². The number of methoxy groups -OCH3 is 1. The second kappa shape index (κ2) is 3.83. The average molecular weight is 340 g/mol. The Hall–Kier alpha value is -1.37. The van der Waals surface area contributed by atoms with E-state index in [2.05, 4.69) is 32.8 Å². The number of fused-ring (bicyclic) bond motifs is 3. The molecule has 17 heavy (non-hydrogen) atoms. The highest BCUT2D eigenvalue weighted by Crippen LogP contribution is 2.37. The van der Waals surface area contributed by atoms with Crippen LogP contribution in [0.3, 0.4) is 0 Å². The molecule has 0 saturated carbocycles. The van der Waals surface area contributed by atoms with Gasteiger partial charge in [-0.3, -0.25) is 5.10 Å². The Morgan fingerprint density at radius 3 is 3.12 bits per heavy atom. The van der Waals surface area contributed by atoms with Crippen molar-refractivity contribution in [1.29, 1.82) is 0 Å². The third-order valence-corrected chi connectivity index (χ3v) is 3.87. The van der Waals surface area contributed by atoms with Crippen LogP contribution in [0.1, 0.15) is 21.5 Å². The summed E-state index contributed by atoms with van der Waals surface area (Å²) in [5.41, 5.74) is 5.15. The van der Waals surface area contributed by atoms with Gasteiger partial charge in [-0.2, -0.15) is 5.10 Å². The van der Waals surface area contributed by atoms with E-state index in [0.717, 1.165) is 26.9 Å². The predicted octanol–water partition coefficient (Wildman–Crippen LogP) is 2.37. The number of carbonyl (C=O) groups is 1.